The van der Waals surface area contributed by atoms with Gasteiger partial charge >= 0.3 is 0 Å². The minimum atomic E-state index is -0.00292. The summed E-state index contributed by atoms with van der Waals surface area (Å²) >= 11 is 3.42. The molecule has 0 aliphatic heterocycles. The van der Waals surface area contributed by atoms with Crippen molar-refractivity contribution < 1.29 is 4.79 Å². The lowest BCUT2D eigenvalue weighted by molar-refractivity contribution is -0.119. The molecule has 0 radical (unpaired) electrons. The molecule has 15 heavy (non-hydrogen) atoms. The molecule has 1 amide bonds. The lowest BCUT2D eigenvalue weighted by atomic mass is 10.1. The first-order valence-corrected chi connectivity index (χ1v) is 5.62. The Hall–Kier alpha value is -0.870. The molecule has 0 aliphatic carbocycles. The topological polar surface area (TPSA) is 41.1 Å². The van der Waals surface area contributed by atoms with Crippen LogP contribution in [0.2, 0.25) is 0 Å². The van der Waals surface area contributed by atoms with Crippen molar-refractivity contribution in [1.82, 2.24) is 10.6 Å². The zero-order valence-corrected chi connectivity index (χ0v) is 10.5. The van der Waals surface area contributed by atoms with Gasteiger partial charge in [-0.2, -0.15) is 0 Å². The van der Waals surface area contributed by atoms with Crippen molar-refractivity contribution in [2.24, 2.45) is 0 Å². The van der Waals surface area contributed by atoms with E-state index in [4.69, 9.17) is 0 Å². The first-order chi connectivity index (χ1) is 7.13. The van der Waals surface area contributed by atoms with Crippen LogP contribution in [0, 0.1) is 0 Å². The van der Waals surface area contributed by atoms with Gasteiger partial charge in [-0.05, 0) is 24.6 Å². The molecule has 1 aromatic carbocycles. The lowest BCUT2D eigenvalue weighted by Crippen LogP contribution is -2.32. The second kappa shape index (κ2) is 5.88. The lowest BCUT2D eigenvalue weighted by Gasteiger charge is -2.13. The average Bonchev–Trinajstić information content (AvgIpc) is 2.25. The van der Waals surface area contributed by atoms with Crippen molar-refractivity contribution in [3.63, 3.8) is 0 Å². The molecule has 82 valence electrons. The summed E-state index contributed by atoms with van der Waals surface area (Å²) in [5.74, 6) is -0.00292. The van der Waals surface area contributed by atoms with Crippen LogP contribution in [0.15, 0.2) is 28.7 Å². The molecule has 1 atom stereocenters. The highest BCUT2D eigenvalue weighted by Gasteiger charge is 2.06. The minimum absolute atomic E-state index is 0.00292. The molecule has 0 bridgehead atoms. The fourth-order valence-electron chi connectivity index (χ4n) is 1.23. The largest absolute Gasteiger partial charge is 0.358 e. The van der Waals surface area contributed by atoms with Crippen molar-refractivity contribution in [3.05, 3.63) is 34.3 Å². The first kappa shape index (κ1) is 12.2. The molecule has 0 aromatic heterocycles. The highest BCUT2D eigenvalue weighted by Crippen LogP contribution is 2.17. The number of hydrogen-bond acceptors (Lipinski definition) is 2. The molecule has 0 heterocycles. The summed E-state index contributed by atoms with van der Waals surface area (Å²) in [6.07, 6.45) is 0. The highest BCUT2D eigenvalue weighted by atomic mass is 79.9. The third-order valence-corrected chi connectivity index (χ3v) is 2.69. The number of amides is 1. The number of likely N-dealkylation sites (N-methyl/N-ethyl adjacent to an activating group) is 1. The molecule has 3 nitrogen and oxygen atoms in total. The fourth-order valence-corrected chi connectivity index (χ4v) is 1.64. The number of carbonyl (C=O) groups is 1. The third-order valence-electron chi connectivity index (χ3n) is 2.20. The summed E-state index contributed by atoms with van der Waals surface area (Å²) in [5.41, 5.74) is 1.16. The van der Waals surface area contributed by atoms with E-state index in [0.717, 1.165) is 10.0 Å². The van der Waals surface area contributed by atoms with E-state index in [1.807, 2.05) is 31.2 Å². The van der Waals surface area contributed by atoms with Gasteiger partial charge in [-0.15, -0.1) is 0 Å². The van der Waals surface area contributed by atoms with Gasteiger partial charge in [0.25, 0.3) is 0 Å². The highest BCUT2D eigenvalue weighted by molar-refractivity contribution is 9.10. The van der Waals surface area contributed by atoms with Crippen LogP contribution in [-0.4, -0.2) is 19.5 Å². The van der Waals surface area contributed by atoms with Crippen LogP contribution in [0.3, 0.4) is 0 Å². The Kier molecular flexibility index (Phi) is 4.78. The number of nitrogens with one attached hydrogen (secondary N) is 2. The number of rotatable bonds is 4. The molecule has 0 aliphatic rings. The molecule has 1 unspecified atom stereocenters. The fraction of sp³-hybridized carbons (Fsp3) is 0.364. The normalized spacial score (nSPS) is 12.2. The zero-order chi connectivity index (χ0) is 11.3. The molecule has 0 fully saturated rings. The van der Waals surface area contributed by atoms with Crippen molar-refractivity contribution in [1.29, 1.82) is 0 Å². The van der Waals surface area contributed by atoms with Crippen molar-refractivity contribution >= 4 is 21.8 Å². The Morgan fingerprint density at radius 2 is 2.27 bits per heavy atom. The second-order valence-electron chi connectivity index (χ2n) is 3.33. The van der Waals surface area contributed by atoms with Crippen LogP contribution in [-0.2, 0) is 4.79 Å². The van der Waals surface area contributed by atoms with Gasteiger partial charge in [0.05, 0.1) is 6.54 Å². The Bertz CT molecular complexity index is 341. The molecule has 1 rings (SSSR count). The second-order valence-corrected chi connectivity index (χ2v) is 4.25. The monoisotopic (exact) mass is 270 g/mol. The van der Waals surface area contributed by atoms with Gasteiger partial charge in [-0.1, -0.05) is 28.1 Å². The van der Waals surface area contributed by atoms with E-state index in [1.165, 1.54) is 0 Å². The van der Waals surface area contributed by atoms with Gasteiger partial charge in [0.15, 0.2) is 0 Å². The van der Waals surface area contributed by atoms with Crippen LogP contribution in [0.1, 0.15) is 18.5 Å². The molecule has 0 saturated carbocycles. The number of carbonyl (C=O) groups excluding carboxylic acids is 1. The summed E-state index contributed by atoms with van der Waals surface area (Å²) in [6.45, 7) is 2.37. The van der Waals surface area contributed by atoms with Gasteiger partial charge in [0.2, 0.25) is 5.91 Å². The number of benzene rings is 1. The van der Waals surface area contributed by atoms with Gasteiger partial charge in [0.1, 0.15) is 0 Å². The molecule has 0 saturated heterocycles. The van der Waals surface area contributed by atoms with Gasteiger partial charge in [-0.25, -0.2) is 0 Å². The van der Waals surface area contributed by atoms with Crippen molar-refractivity contribution in [3.8, 4) is 0 Å². The standard InChI is InChI=1S/C11H15BrN2O/c1-8(14-7-11(15)13-2)9-4-3-5-10(12)6-9/h3-6,8,14H,7H2,1-2H3,(H,13,15). The van der Waals surface area contributed by atoms with E-state index in [2.05, 4.69) is 26.6 Å². The SMILES string of the molecule is CNC(=O)CNC(C)c1cccc(Br)c1. The van der Waals surface area contributed by atoms with Crippen molar-refractivity contribution in [2.45, 2.75) is 13.0 Å². The summed E-state index contributed by atoms with van der Waals surface area (Å²) < 4.78 is 1.05. The minimum Gasteiger partial charge on any atom is -0.358 e. The molecular weight excluding hydrogens is 256 g/mol. The smallest absolute Gasteiger partial charge is 0.233 e. The summed E-state index contributed by atoms with van der Waals surface area (Å²) in [6, 6.07) is 8.21. The Morgan fingerprint density at radius 1 is 1.53 bits per heavy atom. The molecule has 1 aromatic rings. The number of hydrogen-bond donors (Lipinski definition) is 2. The van der Waals surface area contributed by atoms with Crippen LogP contribution < -0.4 is 10.6 Å². The van der Waals surface area contributed by atoms with Crippen LogP contribution in [0.4, 0.5) is 0 Å². The van der Waals surface area contributed by atoms with E-state index < -0.39 is 0 Å². The molecule has 4 heteroatoms. The predicted molar refractivity (Wildman–Crippen MR) is 64.6 cm³/mol. The number of halogens is 1. The van der Waals surface area contributed by atoms with Crippen molar-refractivity contribution in [2.75, 3.05) is 13.6 Å². The third kappa shape index (κ3) is 4.01. The van der Waals surface area contributed by atoms with Crippen LogP contribution in [0.5, 0.6) is 0 Å². The van der Waals surface area contributed by atoms with E-state index in [-0.39, 0.29) is 11.9 Å². The average molecular weight is 271 g/mol. The molecule has 2 N–H and O–H groups in total. The van der Waals surface area contributed by atoms with Gasteiger partial charge in [-0.3, -0.25) is 4.79 Å². The van der Waals surface area contributed by atoms with E-state index in [0.29, 0.717) is 6.54 Å². The maximum absolute atomic E-state index is 11.0. The first-order valence-electron chi connectivity index (χ1n) is 4.83. The van der Waals surface area contributed by atoms with Gasteiger partial charge in [0, 0.05) is 17.6 Å². The van der Waals surface area contributed by atoms with E-state index >= 15 is 0 Å². The van der Waals surface area contributed by atoms with E-state index in [9.17, 15) is 4.79 Å². The maximum atomic E-state index is 11.0. The Morgan fingerprint density at radius 3 is 2.87 bits per heavy atom. The predicted octanol–water partition coefficient (Wildman–Crippen LogP) is 1.85. The Balaban J connectivity index is 2.53. The van der Waals surface area contributed by atoms with Crippen LogP contribution >= 0.6 is 15.9 Å². The summed E-state index contributed by atoms with van der Waals surface area (Å²) in [5, 5.41) is 5.72. The molecule has 0 spiro atoms. The molecular formula is C11H15BrN2O. The quantitative estimate of drug-likeness (QED) is 0.877. The van der Waals surface area contributed by atoms with E-state index in [1.54, 1.807) is 7.05 Å². The zero-order valence-electron chi connectivity index (χ0n) is 8.88. The van der Waals surface area contributed by atoms with Crippen LogP contribution in [0.25, 0.3) is 0 Å². The Labute approximate surface area is 98.4 Å². The summed E-state index contributed by atoms with van der Waals surface area (Å²) in [7, 11) is 1.63. The van der Waals surface area contributed by atoms with Gasteiger partial charge < -0.3 is 10.6 Å². The summed E-state index contributed by atoms with van der Waals surface area (Å²) in [4.78, 5) is 11.0. The maximum Gasteiger partial charge on any atom is 0.233 e.